The maximum Gasteiger partial charge on any atom is 0.231 e. The first-order chi connectivity index (χ1) is 22.3. The van der Waals surface area contributed by atoms with Crippen LogP contribution in [0, 0.1) is 0 Å². The van der Waals surface area contributed by atoms with Gasteiger partial charge in [0.15, 0.2) is 5.82 Å². The normalized spacial score (nSPS) is 12.0. The number of benzene rings is 6. The van der Waals surface area contributed by atoms with E-state index >= 15 is 0 Å². The summed E-state index contributed by atoms with van der Waals surface area (Å²) in [5.74, 6) is 0.614. The lowest BCUT2D eigenvalue weighted by Crippen LogP contribution is -1.97. The molecule has 0 aliphatic carbocycles. The number of hydrogen-bond acceptors (Lipinski definition) is 4. The standard InChI is InChI=1S/C40H23N3O2/c1-2-11-24(12-3-1)37-36-30-17-6-9-20-34(30)45-40(36)42-39(41-37)25-13-10-14-26(23-25)43-31-18-7-4-16-29(31)35-32(43)22-21-28-27-15-5-8-19-33(27)44-38(28)35/h1-23H. The Bertz CT molecular complexity index is 2770. The smallest absolute Gasteiger partial charge is 0.231 e. The molecule has 0 amide bonds. The average molecular weight is 578 g/mol. The predicted octanol–water partition coefficient (Wildman–Crippen LogP) is 10.7. The third kappa shape index (κ3) is 3.49. The van der Waals surface area contributed by atoms with E-state index in [0.29, 0.717) is 11.5 Å². The third-order valence-corrected chi connectivity index (χ3v) is 8.83. The molecule has 210 valence electrons. The molecule has 4 aromatic heterocycles. The highest BCUT2D eigenvalue weighted by atomic mass is 16.3. The molecule has 0 spiro atoms. The van der Waals surface area contributed by atoms with E-state index < -0.39 is 0 Å². The van der Waals surface area contributed by atoms with Crippen LogP contribution < -0.4 is 0 Å². The molecule has 0 fully saturated rings. The number of para-hydroxylation sites is 3. The molecule has 0 saturated heterocycles. The number of rotatable bonds is 3. The van der Waals surface area contributed by atoms with Crippen molar-refractivity contribution in [3.05, 3.63) is 140 Å². The zero-order valence-electron chi connectivity index (χ0n) is 23.9. The second kappa shape index (κ2) is 9.15. The minimum atomic E-state index is 0.578. The molecular weight excluding hydrogens is 554 g/mol. The zero-order chi connectivity index (χ0) is 29.5. The van der Waals surface area contributed by atoms with Gasteiger partial charge in [-0.2, -0.15) is 4.98 Å². The van der Waals surface area contributed by atoms with E-state index in [9.17, 15) is 0 Å². The number of fused-ring (bicyclic) bond motifs is 10. The highest BCUT2D eigenvalue weighted by Crippen LogP contribution is 2.41. The summed E-state index contributed by atoms with van der Waals surface area (Å²) in [6.07, 6.45) is 0. The molecular formula is C40H23N3O2. The van der Waals surface area contributed by atoms with Crippen molar-refractivity contribution < 1.29 is 8.83 Å². The molecule has 45 heavy (non-hydrogen) atoms. The van der Waals surface area contributed by atoms with Crippen molar-refractivity contribution in [2.75, 3.05) is 0 Å². The highest BCUT2D eigenvalue weighted by molar-refractivity contribution is 6.23. The Hall–Kier alpha value is -6.20. The van der Waals surface area contributed by atoms with E-state index in [-0.39, 0.29) is 0 Å². The number of furan rings is 2. The Morgan fingerprint density at radius 2 is 1.18 bits per heavy atom. The summed E-state index contributed by atoms with van der Waals surface area (Å²) in [4.78, 5) is 10.2. The van der Waals surface area contributed by atoms with Gasteiger partial charge in [-0.25, -0.2) is 4.98 Å². The van der Waals surface area contributed by atoms with Gasteiger partial charge in [-0.15, -0.1) is 0 Å². The molecule has 10 aromatic rings. The molecule has 0 atom stereocenters. The van der Waals surface area contributed by atoms with Crippen molar-refractivity contribution in [3.8, 4) is 28.3 Å². The van der Waals surface area contributed by atoms with Crippen LogP contribution in [-0.4, -0.2) is 14.5 Å². The van der Waals surface area contributed by atoms with Crippen molar-refractivity contribution in [1.82, 2.24) is 14.5 Å². The Balaban J connectivity index is 1.23. The first-order valence-electron chi connectivity index (χ1n) is 15.0. The lowest BCUT2D eigenvalue weighted by Gasteiger charge is -2.11. The van der Waals surface area contributed by atoms with E-state index in [1.54, 1.807) is 0 Å². The summed E-state index contributed by atoms with van der Waals surface area (Å²) >= 11 is 0. The monoisotopic (exact) mass is 577 g/mol. The topological polar surface area (TPSA) is 57.0 Å². The summed E-state index contributed by atoms with van der Waals surface area (Å²) < 4.78 is 15.1. The molecule has 5 heteroatoms. The quantitative estimate of drug-likeness (QED) is 0.210. The summed E-state index contributed by atoms with van der Waals surface area (Å²) in [6, 6.07) is 47.9. The largest absolute Gasteiger partial charge is 0.455 e. The average Bonchev–Trinajstić information content (AvgIpc) is 3.77. The van der Waals surface area contributed by atoms with Crippen LogP contribution in [0.5, 0.6) is 0 Å². The fourth-order valence-electron chi connectivity index (χ4n) is 6.85. The SMILES string of the molecule is c1ccc(-c2nc(-c3cccc(-n4c5ccccc5c5c6oc7ccccc7c6ccc54)c3)nc3oc4ccccc4c23)cc1. The van der Waals surface area contributed by atoms with Crippen LogP contribution in [0.1, 0.15) is 0 Å². The van der Waals surface area contributed by atoms with Crippen molar-refractivity contribution >= 4 is 65.8 Å². The molecule has 0 N–H and O–H groups in total. The van der Waals surface area contributed by atoms with Crippen LogP contribution in [0.2, 0.25) is 0 Å². The van der Waals surface area contributed by atoms with Crippen molar-refractivity contribution in [2.24, 2.45) is 0 Å². The summed E-state index contributed by atoms with van der Waals surface area (Å²) in [6.45, 7) is 0. The van der Waals surface area contributed by atoms with Gasteiger partial charge in [0.05, 0.1) is 27.5 Å². The minimum Gasteiger partial charge on any atom is -0.455 e. The predicted molar refractivity (Wildman–Crippen MR) is 182 cm³/mol. The fraction of sp³-hybridized carbons (Fsp3) is 0. The number of nitrogens with zero attached hydrogens (tertiary/aromatic N) is 3. The molecule has 5 nitrogen and oxygen atoms in total. The van der Waals surface area contributed by atoms with Gasteiger partial charge >= 0.3 is 0 Å². The van der Waals surface area contributed by atoms with Gasteiger partial charge in [0, 0.05) is 38.4 Å². The van der Waals surface area contributed by atoms with Gasteiger partial charge in [0.1, 0.15) is 16.7 Å². The molecule has 0 aliphatic rings. The van der Waals surface area contributed by atoms with Gasteiger partial charge < -0.3 is 13.4 Å². The summed E-state index contributed by atoms with van der Waals surface area (Å²) in [5.41, 5.74) is 9.17. The van der Waals surface area contributed by atoms with Crippen molar-refractivity contribution in [2.45, 2.75) is 0 Å². The lowest BCUT2D eigenvalue weighted by molar-refractivity contribution is 0.653. The maximum atomic E-state index is 6.49. The van der Waals surface area contributed by atoms with E-state index in [1.165, 1.54) is 0 Å². The van der Waals surface area contributed by atoms with Gasteiger partial charge in [0.25, 0.3) is 0 Å². The highest BCUT2D eigenvalue weighted by Gasteiger charge is 2.21. The Kier molecular flexibility index (Phi) is 4.93. The summed E-state index contributed by atoms with van der Waals surface area (Å²) in [7, 11) is 0. The molecule has 0 saturated carbocycles. The van der Waals surface area contributed by atoms with Crippen molar-refractivity contribution in [3.63, 3.8) is 0 Å². The van der Waals surface area contributed by atoms with Gasteiger partial charge in [-0.1, -0.05) is 97.1 Å². The molecule has 0 unspecified atom stereocenters. The van der Waals surface area contributed by atoms with Gasteiger partial charge in [0.2, 0.25) is 5.71 Å². The van der Waals surface area contributed by atoms with Gasteiger partial charge in [-0.05, 0) is 42.5 Å². The lowest BCUT2D eigenvalue weighted by atomic mass is 10.1. The molecule has 0 bridgehead atoms. The van der Waals surface area contributed by atoms with Crippen LogP contribution in [0.15, 0.2) is 148 Å². The maximum absolute atomic E-state index is 6.49. The van der Waals surface area contributed by atoms with E-state index in [4.69, 9.17) is 18.8 Å². The fourth-order valence-corrected chi connectivity index (χ4v) is 6.85. The van der Waals surface area contributed by atoms with Crippen LogP contribution in [-0.2, 0) is 0 Å². The number of hydrogen-bond donors (Lipinski definition) is 0. The molecule has 0 aliphatic heterocycles. The molecule has 4 heterocycles. The van der Waals surface area contributed by atoms with Crippen molar-refractivity contribution in [1.29, 1.82) is 0 Å². The van der Waals surface area contributed by atoms with E-state index in [2.05, 4.69) is 95.6 Å². The van der Waals surface area contributed by atoms with Crippen LogP contribution in [0.4, 0.5) is 0 Å². The summed E-state index contributed by atoms with van der Waals surface area (Å²) in [5, 5.41) is 6.43. The van der Waals surface area contributed by atoms with E-state index in [0.717, 1.165) is 82.6 Å². The van der Waals surface area contributed by atoms with Gasteiger partial charge in [-0.3, -0.25) is 0 Å². The zero-order valence-corrected chi connectivity index (χ0v) is 23.9. The Morgan fingerprint density at radius 1 is 0.467 bits per heavy atom. The molecule has 6 aromatic carbocycles. The second-order valence-electron chi connectivity index (χ2n) is 11.4. The second-order valence-corrected chi connectivity index (χ2v) is 11.4. The third-order valence-electron chi connectivity index (χ3n) is 8.83. The van der Waals surface area contributed by atoms with E-state index in [1.807, 2.05) is 48.5 Å². The van der Waals surface area contributed by atoms with Crippen LogP contribution in [0.3, 0.4) is 0 Å². The Labute approximate surface area is 256 Å². The first-order valence-corrected chi connectivity index (χ1v) is 15.0. The van der Waals surface area contributed by atoms with Crippen LogP contribution >= 0.6 is 0 Å². The minimum absolute atomic E-state index is 0.578. The number of aromatic nitrogens is 3. The molecule has 10 rings (SSSR count). The first kappa shape index (κ1) is 24.3. The Morgan fingerprint density at radius 3 is 2.04 bits per heavy atom. The molecule has 0 radical (unpaired) electrons. The van der Waals surface area contributed by atoms with Crippen LogP contribution in [0.25, 0.3) is 94.1 Å².